The Morgan fingerprint density at radius 3 is 2.69 bits per heavy atom. The lowest BCUT2D eigenvalue weighted by Gasteiger charge is -2.09. The predicted molar refractivity (Wildman–Crippen MR) is 106 cm³/mol. The Hall–Kier alpha value is -1.00. The first-order chi connectivity index (χ1) is 11.9. The van der Waals surface area contributed by atoms with Gasteiger partial charge in [-0.25, -0.2) is 13.6 Å². The number of halogens is 1. The van der Waals surface area contributed by atoms with Gasteiger partial charge in [0.1, 0.15) is 5.75 Å². The summed E-state index contributed by atoms with van der Waals surface area (Å²) in [6.45, 7) is 3.32. The lowest BCUT2D eigenvalue weighted by atomic mass is 10.1. The molecule has 26 heavy (non-hydrogen) atoms. The summed E-state index contributed by atoms with van der Waals surface area (Å²) in [7, 11) is -3.68. The number of thioether (sulfide) groups is 1. The molecule has 1 aromatic rings. The van der Waals surface area contributed by atoms with Gasteiger partial charge in [0.15, 0.2) is 0 Å². The topological polar surface area (TPSA) is 111 Å². The number of carbonyl (C=O) groups excluding carboxylic acids is 1. The van der Waals surface area contributed by atoms with Crippen LogP contribution in [0.5, 0.6) is 5.75 Å². The Balaban J connectivity index is 0.00000338. The van der Waals surface area contributed by atoms with Crippen molar-refractivity contribution in [2.75, 3.05) is 37.7 Å². The molecule has 2 rings (SSSR count). The normalized spacial score (nSPS) is 16.7. The van der Waals surface area contributed by atoms with Gasteiger partial charge in [0.2, 0.25) is 15.9 Å². The smallest absolute Gasteiger partial charge is 0.238 e. The van der Waals surface area contributed by atoms with E-state index in [-0.39, 0.29) is 23.2 Å². The van der Waals surface area contributed by atoms with Crippen LogP contribution in [0.2, 0.25) is 0 Å². The molecule has 10 heteroatoms. The second-order valence-electron chi connectivity index (χ2n) is 5.91. The third kappa shape index (κ3) is 8.59. The van der Waals surface area contributed by atoms with Crippen LogP contribution < -0.4 is 20.5 Å². The van der Waals surface area contributed by atoms with E-state index in [4.69, 9.17) is 9.88 Å². The lowest BCUT2D eigenvalue weighted by molar-refractivity contribution is -0.118. The summed E-state index contributed by atoms with van der Waals surface area (Å²) in [5.41, 5.74) is 0. The SMILES string of the molecule is Cl.NS(=O)(=O)c1ccc(OCCSCC(=O)NCCC2CCNC2)cc1. The van der Waals surface area contributed by atoms with Gasteiger partial charge in [0, 0.05) is 12.3 Å². The van der Waals surface area contributed by atoms with Gasteiger partial charge in [0.05, 0.1) is 17.3 Å². The van der Waals surface area contributed by atoms with E-state index in [9.17, 15) is 13.2 Å². The highest BCUT2D eigenvalue weighted by Crippen LogP contribution is 2.15. The molecule has 1 aromatic carbocycles. The molecule has 1 amide bonds. The number of amides is 1. The zero-order valence-corrected chi connectivity index (χ0v) is 16.9. The molecule has 1 heterocycles. The maximum atomic E-state index is 11.7. The highest BCUT2D eigenvalue weighted by molar-refractivity contribution is 7.99. The van der Waals surface area contributed by atoms with Gasteiger partial charge in [0.25, 0.3) is 0 Å². The van der Waals surface area contributed by atoms with E-state index in [2.05, 4.69) is 10.6 Å². The Labute approximate surface area is 165 Å². The van der Waals surface area contributed by atoms with Crippen molar-refractivity contribution in [2.24, 2.45) is 11.1 Å². The number of nitrogens with two attached hydrogens (primary N) is 1. The largest absolute Gasteiger partial charge is 0.493 e. The maximum absolute atomic E-state index is 11.7. The number of primary sulfonamides is 1. The molecule has 0 bridgehead atoms. The fourth-order valence-corrected chi connectivity index (χ4v) is 3.68. The summed E-state index contributed by atoms with van der Waals surface area (Å²) in [6, 6.07) is 5.94. The Kier molecular flexibility index (Phi) is 10.3. The number of hydrogen-bond acceptors (Lipinski definition) is 6. The highest BCUT2D eigenvalue weighted by atomic mass is 35.5. The summed E-state index contributed by atoms with van der Waals surface area (Å²) in [4.78, 5) is 11.8. The molecule has 0 radical (unpaired) electrons. The summed E-state index contributed by atoms with van der Waals surface area (Å²) < 4.78 is 27.8. The Bertz CT molecular complexity index is 650. The van der Waals surface area contributed by atoms with Crippen molar-refractivity contribution in [2.45, 2.75) is 17.7 Å². The second-order valence-corrected chi connectivity index (χ2v) is 8.58. The van der Waals surface area contributed by atoms with Crippen LogP contribution in [0.15, 0.2) is 29.2 Å². The minimum Gasteiger partial charge on any atom is -0.493 e. The first kappa shape index (κ1) is 23.0. The van der Waals surface area contributed by atoms with E-state index in [0.717, 1.165) is 26.1 Å². The zero-order chi connectivity index (χ0) is 18.1. The van der Waals surface area contributed by atoms with Gasteiger partial charge >= 0.3 is 0 Å². The van der Waals surface area contributed by atoms with Gasteiger partial charge < -0.3 is 15.4 Å². The molecule has 1 fully saturated rings. The first-order valence-electron chi connectivity index (χ1n) is 8.26. The van der Waals surface area contributed by atoms with Crippen LogP contribution in [0.4, 0.5) is 0 Å². The third-order valence-electron chi connectivity index (χ3n) is 3.92. The summed E-state index contributed by atoms with van der Waals surface area (Å²) >= 11 is 1.51. The molecule has 1 atom stereocenters. The van der Waals surface area contributed by atoms with Crippen molar-refractivity contribution in [1.82, 2.24) is 10.6 Å². The van der Waals surface area contributed by atoms with E-state index >= 15 is 0 Å². The summed E-state index contributed by atoms with van der Waals surface area (Å²) in [5.74, 6) is 2.39. The third-order valence-corrected chi connectivity index (χ3v) is 5.77. The van der Waals surface area contributed by atoms with Crippen LogP contribution >= 0.6 is 24.2 Å². The van der Waals surface area contributed by atoms with Gasteiger partial charge in [-0.3, -0.25) is 4.79 Å². The van der Waals surface area contributed by atoms with Gasteiger partial charge in [-0.1, -0.05) is 0 Å². The highest BCUT2D eigenvalue weighted by Gasteiger charge is 2.14. The van der Waals surface area contributed by atoms with Crippen LogP contribution in [0.1, 0.15) is 12.8 Å². The fraction of sp³-hybridized carbons (Fsp3) is 0.562. The molecule has 0 aromatic heterocycles. The van der Waals surface area contributed by atoms with Gasteiger partial charge in [-0.05, 0) is 56.1 Å². The molecule has 1 aliphatic heterocycles. The van der Waals surface area contributed by atoms with Crippen molar-refractivity contribution in [1.29, 1.82) is 0 Å². The second kappa shape index (κ2) is 11.7. The molecule has 1 aliphatic rings. The van der Waals surface area contributed by atoms with Crippen LogP contribution in [0.3, 0.4) is 0 Å². The molecule has 0 spiro atoms. The van der Waals surface area contributed by atoms with Crippen molar-refractivity contribution >= 4 is 40.1 Å². The monoisotopic (exact) mass is 423 g/mol. The van der Waals surface area contributed by atoms with E-state index in [1.54, 1.807) is 12.1 Å². The van der Waals surface area contributed by atoms with Crippen LogP contribution in [0.25, 0.3) is 0 Å². The molecule has 4 N–H and O–H groups in total. The number of ether oxygens (including phenoxy) is 1. The van der Waals surface area contributed by atoms with Crippen LogP contribution in [-0.4, -0.2) is 52.1 Å². The van der Waals surface area contributed by atoms with Crippen molar-refractivity contribution in [3.05, 3.63) is 24.3 Å². The molecule has 148 valence electrons. The minimum absolute atomic E-state index is 0. The van der Waals surface area contributed by atoms with E-state index in [0.29, 0.717) is 29.8 Å². The maximum Gasteiger partial charge on any atom is 0.238 e. The summed E-state index contributed by atoms with van der Waals surface area (Å²) in [5, 5.41) is 11.3. The molecule has 7 nitrogen and oxygen atoms in total. The number of sulfonamides is 1. The van der Waals surface area contributed by atoms with Gasteiger partial charge in [-0.2, -0.15) is 0 Å². The number of hydrogen-bond donors (Lipinski definition) is 3. The summed E-state index contributed by atoms with van der Waals surface area (Å²) in [6.07, 6.45) is 2.22. The average Bonchev–Trinajstić information content (AvgIpc) is 3.07. The number of rotatable bonds is 10. The van der Waals surface area contributed by atoms with Crippen LogP contribution in [0, 0.1) is 5.92 Å². The Morgan fingerprint density at radius 2 is 2.08 bits per heavy atom. The van der Waals surface area contributed by atoms with Crippen LogP contribution in [-0.2, 0) is 14.8 Å². The number of benzene rings is 1. The molecule has 1 saturated heterocycles. The molecule has 1 unspecified atom stereocenters. The van der Waals surface area contributed by atoms with E-state index in [1.165, 1.54) is 30.3 Å². The molecular weight excluding hydrogens is 398 g/mol. The Morgan fingerprint density at radius 1 is 1.35 bits per heavy atom. The fourth-order valence-electron chi connectivity index (χ4n) is 2.54. The van der Waals surface area contributed by atoms with Crippen molar-refractivity contribution in [3.63, 3.8) is 0 Å². The average molecular weight is 424 g/mol. The number of nitrogens with one attached hydrogen (secondary N) is 2. The molecule has 0 saturated carbocycles. The quantitative estimate of drug-likeness (QED) is 0.484. The lowest BCUT2D eigenvalue weighted by Crippen LogP contribution is -2.28. The van der Waals surface area contributed by atoms with Gasteiger partial charge in [-0.15, -0.1) is 24.2 Å². The van der Waals surface area contributed by atoms with Crippen molar-refractivity contribution in [3.8, 4) is 5.75 Å². The van der Waals surface area contributed by atoms with Crippen molar-refractivity contribution < 1.29 is 17.9 Å². The molecule has 0 aliphatic carbocycles. The number of carbonyl (C=O) groups is 1. The predicted octanol–water partition coefficient (Wildman–Crippen LogP) is 0.984. The van der Waals surface area contributed by atoms with E-state index in [1.807, 2.05) is 0 Å². The first-order valence-corrected chi connectivity index (χ1v) is 11.0. The standard InChI is InChI=1S/C16H25N3O4S2.ClH/c17-25(21,22)15-3-1-14(2-4-15)23-9-10-24-12-16(20)19-8-6-13-5-7-18-11-13;/h1-4,13,18H,5-12H2,(H,19,20)(H2,17,21,22);1H. The molecular formula is C16H26ClN3O4S2. The minimum atomic E-state index is -3.68. The zero-order valence-electron chi connectivity index (χ0n) is 14.5. The van der Waals surface area contributed by atoms with E-state index < -0.39 is 10.0 Å².